The van der Waals surface area contributed by atoms with Crippen LogP contribution in [0.3, 0.4) is 0 Å². The van der Waals surface area contributed by atoms with Gasteiger partial charge in [0.1, 0.15) is 0 Å². The maximum Gasteiger partial charge on any atom is 0.248 e. The Hall–Kier alpha value is -2.69. The average molecular weight is 238 g/mol. The van der Waals surface area contributed by atoms with Crippen LogP contribution in [-0.2, 0) is 0 Å². The van der Waals surface area contributed by atoms with Gasteiger partial charge in [0.2, 0.25) is 5.91 Å². The first-order valence-electron chi connectivity index (χ1n) is 5.44. The topological polar surface area (TPSA) is 73.3 Å². The number of rotatable bonds is 2. The monoisotopic (exact) mass is 238 g/mol. The van der Waals surface area contributed by atoms with Gasteiger partial charge in [0.15, 0.2) is 5.65 Å². The van der Waals surface area contributed by atoms with E-state index in [-0.39, 0.29) is 0 Å². The summed E-state index contributed by atoms with van der Waals surface area (Å²) in [6.45, 7) is 0. The molecule has 18 heavy (non-hydrogen) atoms. The molecule has 1 aromatic carbocycles. The number of carbonyl (C=O) groups excluding carboxylic acids is 1. The van der Waals surface area contributed by atoms with Gasteiger partial charge in [-0.05, 0) is 23.8 Å². The third kappa shape index (κ3) is 1.62. The number of aromatic nitrogens is 3. The SMILES string of the molecule is NC(=O)c1ccc(-c2cnn3cccnc23)cc1. The maximum absolute atomic E-state index is 11.0. The van der Waals surface area contributed by atoms with Crippen molar-refractivity contribution in [3.05, 3.63) is 54.5 Å². The summed E-state index contributed by atoms with van der Waals surface area (Å²) < 4.78 is 1.71. The standard InChI is InChI=1S/C13H10N4O/c14-12(18)10-4-2-9(3-5-10)11-8-16-17-7-1-6-15-13(11)17/h1-8H,(H2,14,18). The third-order valence-electron chi connectivity index (χ3n) is 2.76. The van der Waals surface area contributed by atoms with E-state index in [1.54, 1.807) is 29.0 Å². The lowest BCUT2D eigenvalue weighted by atomic mass is 10.1. The summed E-state index contributed by atoms with van der Waals surface area (Å²) in [6.07, 6.45) is 5.31. The highest BCUT2D eigenvalue weighted by Crippen LogP contribution is 2.23. The summed E-state index contributed by atoms with van der Waals surface area (Å²) in [6, 6.07) is 8.89. The number of fused-ring (bicyclic) bond motifs is 1. The van der Waals surface area contributed by atoms with Crippen molar-refractivity contribution in [3.63, 3.8) is 0 Å². The Morgan fingerprint density at radius 3 is 2.72 bits per heavy atom. The Morgan fingerprint density at radius 2 is 2.00 bits per heavy atom. The van der Waals surface area contributed by atoms with Crippen LogP contribution < -0.4 is 5.73 Å². The zero-order valence-corrected chi connectivity index (χ0v) is 9.45. The third-order valence-corrected chi connectivity index (χ3v) is 2.76. The van der Waals surface area contributed by atoms with E-state index in [0.29, 0.717) is 5.56 Å². The number of amides is 1. The summed E-state index contributed by atoms with van der Waals surface area (Å²) in [4.78, 5) is 15.3. The Morgan fingerprint density at radius 1 is 1.22 bits per heavy atom. The maximum atomic E-state index is 11.0. The van der Waals surface area contributed by atoms with Crippen LogP contribution in [0.1, 0.15) is 10.4 Å². The van der Waals surface area contributed by atoms with Crippen LogP contribution in [-0.4, -0.2) is 20.5 Å². The van der Waals surface area contributed by atoms with Crippen LogP contribution >= 0.6 is 0 Å². The predicted molar refractivity (Wildman–Crippen MR) is 66.9 cm³/mol. The average Bonchev–Trinajstić information content (AvgIpc) is 2.82. The Balaban J connectivity index is 2.12. The van der Waals surface area contributed by atoms with Crippen LogP contribution in [0.2, 0.25) is 0 Å². The zero-order valence-electron chi connectivity index (χ0n) is 9.45. The van der Waals surface area contributed by atoms with Gasteiger partial charge in [0.05, 0.1) is 6.20 Å². The molecule has 5 nitrogen and oxygen atoms in total. The lowest BCUT2D eigenvalue weighted by Gasteiger charge is -2.00. The normalized spacial score (nSPS) is 10.7. The molecule has 0 aliphatic heterocycles. The second-order valence-corrected chi connectivity index (χ2v) is 3.89. The van der Waals surface area contributed by atoms with E-state index < -0.39 is 5.91 Å². The molecule has 0 saturated heterocycles. The molecule has 1 amide bonds. The first-order chi connectivity index (χ1) is 8.75. The van der Waals surface area contributed by atoms with Crippen LogP contribution in [0.15, 0.2) is 48.9 Å². The molecule has 2 aromatic heterocycles. The molecule has 2 heterocycles. The number of hydrogen-bond acceptors (Lipinski definition) is 3. The molecule has 0 spiro atoms. The first kappa shape index (κ1) is 10.5. The highest BCUT2D eigenvalue weighted by atomic mass is 16.1. The van der Waals surface area contributed by atoms with Crippen molar-refractivity contribution in [2.75, 3.05) is 0 Å². The highest BCUT2D eigenvalue weighted by molar-refractivity contribution is 5.93. The van der Waals surface area contributed by atoms with Gasteiger partial charge in [-0.3, -0.25) is 4.79 Å². The van der Waals surface area contributed by atoms with Crippen molar-refractivity contribution >= 4 is 11.6 Å². The van der Waals surface area contributed by atoms with Crippen LogP contribution in [0.4, 0.5) is 0 Å². The number of benzene rings is 1. The zero-order chi connectivity index (χ0) is 12.5. The molecule has 0 saturated carbocycles. The quantitative estimate of drug-likeness (QED) is 0.735. The van der Waals surface area contributed by atoms with Crippen molar-refractivity contribution in [2.45, 2.75) is 0 Å². The fraction of sp³-hybridized carbons (Fsp3) is 0. The van der Waals surface area contributed by atoms with Gasteiger partial charge in [-0.1, -0.05) is 12.1 Å². The minimum absolute atomic E-state index is 0.431. The molecule has 88 valence electrons. The molecule has 2 N–H and O–H groups in total. The van der Waals surface area contributed by atoms with Gasteiger partial charge in [-0.15, -0.1) is 0 Å². The van der Waals surface area contributed by atoms with Crippen LogP contribution in [0.25, 0.3) is 16.8 Å². The summed E-state index contributed by atoms with van der Waals surface area (Å²) in [5, 5.41) is 4.22. The van der Waals surface area contributed by atoms with Crippen molar-refractivity contribution in [2.24, 2.45) is 5.73 Å². The molecule has 0 fully saturated rings. The Bertz CT molecular complexity index is 715. The molecule has 5 heteroatoms. The minimum Gasteiger partial charge on any atom is -0.366 e. The number of carbonyl (C=O) groups is 1. The molecular formula is C13H10N4O. The summed E-state index contributed by atoms with van der Waals surface area (Å²) in [5.41, 5.74) is 8.35. The van der Waals surface area contributed by atoms with Crippen molar-refractivity contribution < 1.29 is 4.79 Å². The molecule has 3 rings (SSSR count). The van der Waals surface area contributed by atoms with E-state index in [9.17, 15) is 4.79 Å². The number of nitrogens with zero attached hydrogens (tertiary/aromatic N) is 3. The van der Waals surface area contributed by atoms with Gasteiger partial charge in [0, 0.05) is 23.5 Å². The van der Waals surface area contributed by atoms with Crippen molar-refractivity contribution in [1.82, 2.24) is 14.6 Å². The summed E-state index contributed by atoms with van der Waals surface area (Å²) in [7, 11) is 0. The lowest BCUT2D eigenvalue weighted by molar-refractivity contribution is 0.100. The molecule has 3 aromatic rings. The number of hydrogen-bond donors (Lipinski definition) is 1. The minimum atomic E-state index is -0.431. The van der Waals surface area contributed by atoms with E-state index >= 15 is 0 Å². The first-order valence-corrected chi connectivity index (χ1v) is 5.44. The van der Waals surface area contributed by atoms with Crippen molar-refractivity contribution in [1.29, 1.82) is 0 Å². The number of nitrogens with two attached hydrogens (primary N) is 1. The number of primary amides is 1. The Labute approximate surface area is 103 Å². The molecule has 0 aliphatic rings. The molecule has 0 radical (unpaired) electrons. The molecule has 0 atom stereocenters. The molecule has 0 aliphatic carbocycles. The van der Waals surface area contributed by atoms with Crippen LogP contribution in [0.5, 0.6) is 0 Å². The van der Waals surface area contributed by atoms with Gasteiger partial charge in [-0.2, -0.15) is 5.10 Å². The molecular weight excluding hydrogens is 228 g/mol. The lowest BCUT2D eigenvalue weighted by Crippen LogP contribution is -2.10. The van der Waals surface area contributed by atoms with Gasteiger partial charge >= 0.3 is 0 Å². The predicted octanol–water partition coefficient (Wildman–Crippen LogP) is 1.50. The second kappa shape index (κ2) is 3.96. The molecule has 0 bridgehead atoms. The molecule has 0 unspecified atom stereocenters. The smallest absolute Gasteiger partial charge is 0.248 e. The summed E-state index contributed by atoms with van der Waals surface area (Å²) >= 11 is 0. The highest BCUT2D eigenvalue weighted by Gasteiger charge is 2.07. The van der Waals surface area contributed by atoms with E-state index in [0.717, 1.165) is 16.8 Å². The van der Waals surface area contributed by atoms with E-state index in [1.165, 1.54) is 0 Å². The fourth-order valence-electron chi connectivity index (χ4n) is 1.84. The van der Waals surface area contributed by atoms with Gasteiger partial charge in [-0.25, -0.2) is 9.50 Å². The van der Waals surface area contributed by atoms with E-state index in [4.69, 9.17) is 5.73 Å². The van der Waals surface area contributed by atoms with E-state index in [2.05, 4.69) is 10.1 Å². The van der Waals surface area contributed by atoms with E-state index in [1.807, 2.05) is 24.4 Å². The van der Waals surface area contributed by atoms with Crippen LogP contribution in [0, 0.1) is 0 Å². The second-order valence-electron chi connectivity index (χ2n) is 3.89. The largest absolute Gasteiger partial charge is 0.366 e. The van der Waals surface area contributed by atoms with Gasteiger partial charge in [0.25, 0.3) is 0 Å². The fourth-order valence-corrected chi connectivity index (χ4v) is 1.84. The Kier molecular flexibility index (Phi) is 2.30. The van der Waals surface area contributed by atoms with Crippen molar-refractivity contribution in [3.8, 4) is 11.1 Å². The van der Waals surface area contributed by atoms with Gasteiger partial charge < -0.3 is 5.73 Å². The summed E-state index contributed by atoms with van der Waals surface area (Å²) in [5.74, 6) is -0.431.